The van der Waals surface area contributed by atoms with E-state index < -0.39 is 0 Å². The standard InChI is InChI=1S/C15H24N2/c1-12-6-5-9-17(11-12)15(10-16)14-8-4-3-7-13(14)2/h3-4,7-8,12,15H,5-6,9-11,16H2,1-2H3/t12-,15+/m0/s1. The fourth-order valence-electron chi connectivity index (χ4n) is 2.94. The number of benzene rings is 1. The first-order valence-electron chi connectivity index (χ1n) is 6.72. The summed E-state index contributed by atoms with van der Waals surface area (Å²) in [5, 5.41) is 0. The maximum absolute atomic E-state index is 6.01. The molecule has 1 aromatic carbocycles. The van der Waals surface area contributed by atoms with Crippen LogP contribution in [0, 0.1) is 12.8 Å². The highest BCUT2D eigenvalue weighted by molar-refractivity contribution is 5.29. The summed E-state index contributed by atoms with van der Waals surface area (Å²) < 4.78 is 0. The van der Waals surface area contributed by atoms with Gasteiger partial charge in [-0.3, -0.25) is 4.90 Å². The van der Waals surface area contributed by atoms with Crippen LogP contribution in [0.15, 0.2) is 24.3 Å². The lowest BCUT2D eigenvalue weighted by atomic mass is 9.94. The molecule has 1 aliphatic heterocycles. The van der Waals surface area contributed by atoms with Crippen molar-refractivity contribution in [1.82, 2.24) is 4.90 Å². The predicted molar refractivity (Wildman–Crippen MR) is 72.9 cm³/mol. The Bertz CT molecular complexity index is 362. The van der Waals surface area contributed by atoms with E-state index in [2.05, 4.69) is 43.0 Å². The number of rotatable bonds is 3. The molecule has 0 amide bonds. The number of nitrogens with two attached hydrogens (primary N) is 1. The Balaban J connectivity index is 2.18. The molecule has 0 aromatic heterocycles. The first-order chi connectivity index (χ1) is 8.22. The zero-order valence-electron chi connectivity index (χ0n) is 11.0. The van der Waals surface area contributed by atoms with Crippen LogP contribution in [0.3, 0.4) is 0 Å². The molecule has 1 aromatic rings. The van der Waals surface area contributed by atoms with E-state index in [1.807, 2.05) is 0 Å². The summed E-state index contributed by atoms with van der Waals surface area (Å²) in [5.41, 5.74) is 8.78. The number of likely N-dealkylation sites (tertiary alicyclic amines) is 1. The van der Waals surface area contributed by atoms with Gasteiger partial charge in [-0.15, -0.1) is 0 Å². The van der Waals surface area contributed by atoms with Crippen LogP contribution in [-0.4, -0.2) is 24.5 Å². The molecule has 1 aliphatic rings. The van der Waals surface area contributed by atoms with E-state index in [9.17, 15) is 0 Å². The van der Waals surface area contributed by atoms with Crippen molar-refractivity contribution < 1.29 is 0 Å². The smallest absolute Gasteiger partial charge is 0.0473 e. The first-order valence-corrected chi connectivity index (χ1v) is 6.72. The van der Waals surface area contributed by atoms with Gasteiger partial charge in [0.25, 0.3) is 0 Å². The zero-order chi connectivity index (χ0) is 12.3. The Labute approximate surface area is 105 Å². The van der Waals surface area contributed by atoms with Crippen molar-refractivity contribution in [2.45, 2.75) is 32.7 Å². The second-order valence-corrected chi connectivity index (χ2v) is 5.35. The van der Waals surface area contributed by atoms with E-state index in [0.717, 1.165) is 12.5 Å². The third-order valence-electron chi connectivity index (χ3n) is 3.90. The molecule has 2 rings (SSSR count). The normalized spacial score (nSPS) is 23.6. The predicted octanol–water partition coefficient (Wildman–Crippen LogP) is 2.73. The Morgan fingerprint density at radius 2 is 2.18 bits per heavy atom. The SMILES string of the molecule is Cc1ccccc1[C@@H](CN)N1CCC[C@H](C)C1. The summed E-state index contributed by atoms with van der Waals surface area (Å²) in [7, 11) is 0. The summed E-state index contributed by atoms with van der Waals surface area (Å²) in [6, 6.07) is 9.04. The minimum absolute atomic E-state index is 0.402. The van der Waals surface area contributed by atoms with Crippen molar-refractivity contribution in [2.75, 3.05) is 19.6 Å². The monoisotopic (exact) mass is 232 g/mol. The number of hydrogen-bond acceptors (Lipinski definition) is 2. The van der Waals surface area contributed by atoms with Crippen molar-refractivity contribution in [3.05, 3.63) is 35.4 Å². The molecule has 0 saturated carbocycles. The molecule has 2 N–H and O–H groups in total. The molecule has 1 fully saturated rings. The van der Waals surface area contributed by atoms with Crippen molar-refractivity contribution in [1.29, 1.82) is 0 Å². The highest BCUT2D eigenvalue weighted by Crippen LogP contribution is 2.27. The van der Waals surface area contributed by atoms with Crippen molar-refractivity contribution in [3.63, 3.8) is 0 Å². The van der Waals surface area contributed by atoms with Crippen LogP contribution < -0.4 is 5.73 Å². The molecule has 2 atom stereocenters. The van der Waals surface area contributed by atoms with E-state index in [1.54, 1.807) is 0 Å². The molecular weight excluding hydrogens is 208 g/mol. The van der Waals surface area contributed by atoms with E-state index >= 15 is 0 Å². The average molecular weight is 232 g/mol. The van der Waals surface area contributed by atoms with E-state index in [1.165, 1.54) is 37.1 Å². The quantitative estimate of drug-likeness (QED) is 0.868. The molecule has 2 nitrogen and oxygen atoms in total. The van der Waals surface area contributed by atoms with Gasteiger partial charge in [-0.05, 0) is 43.4 Å². The molecule has 1 saturated heterocycles. The minimum Gasteiger partial charge on any atom is -0.329 e. The summed E-state index contributed by atoms with van der Waals surface area (Å²) in [6.45, 7) is 7.64. The lowest BCUT2D eigenvalue weighted by Gasteiger charge is -2.37. The highest BCUT2D eigenvalue weighted by atomic mass is 15.2. The largest absolute Gasteiger partial charge is 0.329 e. The van der Waals surface area contributed by atoms with E-state index in [4.69, 9.17) is 5.73 Å². The maximum Gasteiger partial charge on any atom is 0.0473 e. The van der Waals surface area contributed by atoms with Gasteiger partial charge in [0.15, 0.2) is 0 Å². The second-order valence-electron chi connectivity index (χ2n) is 5.35. The van der Waals surface area contributed by atoms with Gasteiger partial charge in [0.1, 0.15) is 0 Å². The van der Waals surface area contributed by atoms with Gasteiger partial charge in [0, 0.05) is 19.1 Å². The summed E-state index contributed by atoms with van der Waals surface area (Å²) in [5.74, 6) is 0.807. The zero-order valence-corrected chi connectivity index (χ0v) is 11.0. The van der Waals surface area contributed by atoms with Crippen molar-refractivity contribution >= 4 is 0 Å². The van der Waals surface area contributed by atoms with Gasteiger partial charge >= 0.3 is 0 Å². The van der Waals surface area contributed by atoms with Gasteiger partial charge < -0.3 is 5.73 Å². The Kier molecular flexibility index (Phi) is 4.19. The topological polar surface area (TPSA) is 29.3 Å². The van der Waals surface area contributed by atoms with Crippen LogP contribution in [0.1, 0.15) is 36.9 Å². The van der Waals surface area contributed by atoms with Crippen molar-refractivity contribution in [2.24, 2.45) is 11.7 Å². The molecule has 0 unspecified atom stereocenters. The third-order valence-corrected chi connectivity index (χ3v) is 3.90. The van der Waals surface area contributed by atoms with Gasteiger partial charge in [0.2, 0.25) is 0 Å². The molecule has 0 bridgehead atoms. The fraction of sp³-hybridized carbons (Fsp3) is 0.600. The summed E-state index contributed by atoms with van der Waals surface area (Å²) >= 11 is 0. The maximum atomic E-state index is 6.01. The molecular formula is C15H24N2. The minimum atomic E-state index is 0.402. The van der Waals surface area contributed by atoms with Gasteiger partial charge in [-0.1, -0.05) is 31.2 Å². The fourth-order valence-corrected chi connectivity index (χ4v) is 2.94. The molecule has 0 spiro atoms. The average Bonchev–Trinajstić information content (AvgIpc) is 2.33. The summed E-state index contributed by atoms with van der Waals surface area (Å²) in [4.78, 5) is 2.57. The molecule has 1 heterocycles. The van der Waals surface area contributed by atoms with Crippen LogP contribution >= 0.6 is 0 Å². The number of nitrogens with zero attached hydrogens (tertiary/aromatic N) is 1. The number of aryl methyl sites for hydroxylation is 1. The molecule has 0 radical (unpaired) electrons. The lowest BCUT2D eigenvalue weighted by molar-refractivity contribution is 0.133. The van der Waals surface area contributed by atoms with Crippen LogP contribution in [-0.2, 0) is 0 Å². The van der Waals surface area contributed by atoms with Crippen LogP contribution in [0.4, 0.5) is 0 Å². The molecule has 0 aliphatic carbocycles. The second kappa shape index (κ2) is 5.65. The van der Waals surface area contributed by atoms with Gasteiger partial charge in [-0.2, -0.15) is 0 Å². The molecule has 94 valence electrons. The highest BCUT2D eigenvalue weighted by Gasteiger charge is 2.24. The summed E-state index contributed by atoms with van der Waals surface area (Å²) in [6.07, 6.45) is 2.67. The Hall–Kier alpha value is -0.860. The van der Waals surface area contributed by atoms with Crippen LogP contribution in [0.25, 0.3) is 0 Å². The molecule has 2 heteroatoms. The van der Waals surface area contributed by atoms with E-state index in [0.29, 0.717) is 6.04 Å². The van der Waals surface area contributed by atoms with Crippen LogP contribution in [0.2, 0.25) is 0 Å². The first kappa shape index (κ1) is 12.6. The van der Waals surface area contributed by atoms with Crippen LogP contribution in [0.5, 0.6) is 0 Å². The third kappa shape index (κ3) is 2.88. The van der Waals surface area contributed by atoms with Crippen molar-refractivity contribution in [3.8, 4) is 0 Å². The van der Waals surface area contributed by atoms with Gasteiger partial charge in [0.05, 0.1) is 0 Å². The van der Waals surface area contributed by atoms with E-state index in [-0.39, 0.29) is 0 Å². The Morgan fingerprint density at radius 1 is 1.41 bits per heavy atom. The number of hydrogen-bond donors (Lipinski definition) is 1. The Morgan fingerprint density at radius 3 is 2.82 bits per heavy atom. The van der Waals surface area contributed by atoms with Gasteiger partial charge in [-0.25, -0.2) is 0 Å². The molecule has 17 heavy (non-hydrogen) atoms. The number of piperidine rings is 1. The lowest BCUT2D eigenvalue weighted by Crippen LogP contribution is -2.40.